The lowest BCUT2D eigenvalue weighted by atomic mass is 9.96. The van der Waals surface area contributed by atoms with Crippen molar-refractivity contribution in [2.75, 3.05) is 45.9 Å². The van der Waals surface area contributed by atoms with E-state index in [4.69, 9.17) is 4.74 Å². The van der Waals surface area contributed by atoms with Gasteiger partial charge in [-0.2, -0.15) is 5.10 Å². The Hall–Kier alpha value is -1.40. The molecule has 0 saturated carbocycles. The first kappa shape index (κ1) is 15.5. The second-order valence-electron chi connectivity index (χ2n) is 6.44. The maximum Gasteiger partial charge on any atom is 0.272 e. The molecule has 1 aromatic rings. The van der Waals surface area contributed by atoms with E-state index in [0.29, 0.717) is 11.6 Å². The molecule has 22 heavy (non-hydrogen) atoms. The van der Waals surface area contributed by atoms with E-state index in [-0.39, 0.29) is 5.91 Å². The Kier molecular flexibility index (Phi) is 4.78. The minimum atomic E-state index is 0.118. The van der Waals surface area contributed by atoms with Gasteiger partial charge >= 0.3 is 0 Å². The van der Waals surface area contributed by atoms with Crippen LogP contribution in [0.2, 0.25) is 0 Å². The van der Waals surface area contributed by atoms with Crippen LogP contribution in [0.5, 0.6) is 0 Å². The molecule has 2 aliphatic heterocycles. The number of hydrogen-bond donors (Lipinski definition) is 0. The van der Waals surface area contributed by atoms with Crippen LogP contribution in [-0.2, 0) is 11.8 Å². The predicted octanol–water partition coefficient (Wildman–Crippen LogP) is 0.913. The lowest BCUT2D eigenvalue weighted by Crippen LogP contribution is -2.44. The van der Waals surface area contributed by atoms with E-state index in [1.54, 1.807) is 4.68 Å². The summed E-state index contributed by atoms with van der Waals surface area (Å²) >= 11 is 0. The number of aryl methyl sites for hydroxylation is 2. The van der Waals surface area contributed by atoms with Gasteiger partial charge < -0.3 is 9.64 Å². The van der Waals surface area contributed by atoms with Gasteiger partial charge in [0.2, 0.25) is 0 Å². The molecule has 3 rings (SSSR count). The van der Waals surface area contributed by atoms with Gasteiger partial charge in [-0.1, -0.05) is 0 Å². The first-order valence-corrected chi connectivity index (χ1v) is 8.23. The average molecular weight is 306 g/mol. The predicted molar refractivity (Wildman–Crippen MR) is 83.8 cm³/mol. The minimum Gasteiger partial charge on any atom is -0.379 e. The minimum absolute atomic E-state index is 0.118. The number of carbonyl (C=O) groups excluding carboxylic acids is 1. The van der Waals surface area contributed by atoms with Gasteiger partial charge in [0.15, 0.2) is 0 Å². The molecule has 6 heteroatoms. The molecule has 0 bridgehead atoms. The summed E-state index contributed by atoms with van der Waals surface area (Å²) in [6, 6.07) is 1.88. The van der Waals surface area contributed by atoms with Crippen molar-refractivity contribution in [2.45, 2.75) is 19.8 Å². The fourth-order valence-electron chi connectivity index (χ4n) is 3.44. The van der Waals surface area contributed by atoms with E-state index in [2.05, 4.69) is 10.00 Å². The number of hydrogen-bond acceptors (Lipinski definition) is 4. The summed E-state index contributed by atoms with van der Waals surface area (Å²) in [5.74, 6) is 0.823. The van der Waals surface area contributed by atoms with Gasteiger partial charge in [0.05, 0.1) is 18.9 Å². The number of likely N-dealkylation sites (tertiary alicyclic amines) is 1. The van der Waals surface area contributed by atoms with E-state index < -0.39 is 0 Å². The summed E-state index contributed by atoms with van der Waals surface area (Å²) in [6.45, 7) is 8.60. The Balaban J connectivity index is 1.50. The fraction of sp³-hybridized carbons (Fsp3) is 0.750. The highest BCUT2D eigenvalue weighted by atomic mass is 16.5. The van der Waals surface area contributed by atoms with Gasteiger partial charge in [0.25, 0.3) is 5.91 Å². The molecule has 122 valence electrons. The van der Waals surface area contributed by atoms with Crippen LogP contribution in [0.25, 0.3) is 0 Å². The Morgan fingerprint density at radius 2 is 1.95 bits per heavy atom. The van der Waals surface area contributed by atoms with Crippen LogP contribution in [0.4, 0.5) is 0 Å². The number of nitrogens with zero attached hydrogens (tertiary/aromatic N) is 4. The third-order valence-corrected chi connectivity index (χ3v) is 4.74. The monoisotopic (exact) mass is 306 g/mol. The van der Waals surface area contributed by atoms with Crippen molar-refractivity contribution in [3.63, 3.8) is 0 Å². The summed E-state index contributed by atoms with van der Waals surface area (Å²) in [7, 11) is 1.84. The first-order chi connectivity index (χ1) is 10.6. The number of piperidine rings is 1. The largest absolute Gasteiger partial charge is 0.379 e. The van der Waals surface area contributed by atoms with Crippen LogP contribution in [-0.4, -0.2) is 71.4 Å². The van der Waals surface area contributed by atoms with E-state index >= 15 is 0 Å². The second-order valence-corrected chi connectivity index (χ2v) is 6.44. The van der Waals surface area contributed by atoms with Gasteiger partial charge in [0, 0.05) is 39.8 Å². The zero-order chi connectivity index (χ0) is 15.5. The zero-order valence-electron chi connectivity index (χ0n) is 13.6. The van der Waals surface area contributed by atoms with Crippen LogP contribution in [0.1, 0.15) is 29.0 Å². The SMILES string of the molecule is Cc1cc(C(=O)N2CCC(CN3CCOCC3)CC2)n(C)n1. The van der Waals surface area contributed by atoms with Crippen molar-refractivity contribution >= 4 is 5.91 Å². The smallest absolute Gasteiger partial charge is 0.272 e. The molecule has 3 heterocycles. The van der Waals surface area contributed by atoms with Gasteiger partial charge in [-0.25, -0.2) is 0 Å². The molecule has 0 radical (unpaired) electrons. The van der Waals surface area contributed by atoms with Crippen molar-refractivity contribution in [1.29, 1.82) is 0 Å². The van der Waals surface area contributed by atoms with E-state index in [1.165, 1.54) is 0 Å². The Morgan fingerprint density at radius 1 is 1.27 bits per heavy atom. The highest BCUT2D eigenvalue weighted by molar-refractivity contribution is 5.92. The molecule has 0 unspecified atom stereocenters. The van der Waals surface area contributed by atoms with Gasteiger partial charge in [0.1, 0.15) is 5.69 Å². The van der Waals surface area contributed by atoms with Crippen LogP contribution in [0.15, 0.2) is 6.07 Å². The van der Waals surface area contributed by atoms with Gasteiger partial charge in [-0.3, -0.25) is 14.4 Å². The highest BCUT2D eigenvalue weighted by Gasteiger charge is 2.26. The molecule has 0 spiro atoms. The molecule has 2 fully saturated rings. The normalized spacial score (nSPS) is 21.3. The fourth-order valence-corrected chi connectivity index (χ4v) is 3.44. The van der Waals surface area contributed by atoms with E-state index in [1.807, 2.05) is 24.9 Å². The van der Waals surface area contributed by atoms with E-state index in [9.17, 15) is 4.79 Å². The molecule has 1 aromatic heterocycles. The summed E-state index contributed by atoms with van der Waals surface area (Å²) in [5.41, 5.74) is 1.59. The summed E-state index contributed by atoms with van der Waals surface area (Å²) in [6.07, 6.45) is 2.19. The Bertz CT molecular complexity index is 514. The average Bonchev–Trinajstić information content (AvgIpc) is 2.87. The lowest BCUT2D eigenvalue weighted by molar-refractivity contribution is 0.0242. The zero-order valence-corrected chi connectivity index (χ0v) is 13.6. The maximum absolute atomic E-state index is 12.6. The summed E-state index contributed by atoms with van der Waals surface area (Å²) in [5, 5.41) is 4.27. The Morgan fingerprint density at radius 3 is 2.55 bits per heavy atom. The molecule has 0 atom stereocenters. The molecule has 2 saturated heterocycles. The number of rotatable bonds is 3. The molecule has 2 aliphatic rings. The molecule has 6 nitrogen and oxygen atoms in total. The molecule has 0 N–H and O–H groups in total. The third kappa shape index (κ3) is 3.50. The maximum atomic E-state index is 12.6. The molecule has 0 aromatic carbocycles. The summed E-state index contributed by atoms with van der Waals surface area (Å²) in [4.78, 5) is 17.0. The van der Waals surface area contributed by atoms with Crippen molar-refractivity contribution in [1.82, 2.24) is 19.6 Å². The number of ether oxygens (including phenoxy) is 1. The number of aromatic nitrogens is 2. The molecular formula is C16H26N4O2. The Labute approximate surface area is 132 Å². The third-order valence-electron chi connectivity index (χ3n) is 4.74. The van der Waals surface area contributed by atoms with Crippen LogP contribution >= 0.6 is 0 Å². The molecule has 1 amide bonds. The number of morpholine rings is 1. The van der Waals surface area contributed by atoms with Crippen LogP contribution in [0, 0.1) is 12.8 Å². The van der Waals surface area contributed by atoms with Crippen LogP contribution in [0.3, 0.4) is 0 Å². The van der Waals surface area contributed by atoms with Gasteiger partial charge in [-0.05, 0) is 31.7 Å². The quantitative estimate of drug-likeness (QED) is 0.833. The summed E-state index contributed by atoms with van der Waals surface area (Å²) < 4.78 is 7.09. The lowest BCUT2D eigenvalue weighted by Gasteiger charge is -2.36. The number of carbonyl (C=O) groups is 1. The van der Waals surface area contributed by atoms with Gasteiger partial charge in [-0.15, -0.1) is 0 Å². The van der Waals surface area contributed by atoms with Crippen molar-refractivity contribution in [2.24, 2.45) is 13.0 Å². The van der Waals surface area contributed by atoms with Crippen LogP contribution < -0.4 is 0 Å². The van der Waals surface area contributed by atoms with Crippen molar-refractivity contribution in [3.8, 4) is 0 Å². The standard InChI is InChI=1S/C16H26N4O2/c1-13-11-15(18(2)17-13)16(21)20-5-3-14(4-6-20)12-19-7-9-22-10-8-19/h11,14H,3-10,12H2,1-2H3. The first-order valence-electron chi connectivity index (χ1n) is 8.23. The topological polar surface area (TPSA) is 50.6 Å². The highest BCUT2D eigenvalue weighted by Crippen LogP contribution is 2.20. The second kappa shape index (κ2) is 6.79. The van der Waals surface area contributed by atoms with E-state index in [0.717, 1.165) is 64.5 Å². The van der Waals surface area contributed by atoms with Crippen molar-refractivity contribution < 1.29 is 9.53 Å². The molecular weight excluding hydrogens is 280 g/mol. The number of amides is 1. The van der Waals surface area contributed by atoms with Crippen molar-refractivity contribution in [3.05, 3.63) is 17.5 Å². The molecule has 0 aliphatic carbocycles.